The predicted octanol–water partition coefficient (Wildman–Crippen LogP) is 0.799. The molecule has 0 aliphatic carbocycles. The summed E-state index contributed by atoms with van der Waals surface area (Å²) in [6.45, 7) is 2.15. The van der Waals surface area contributed by atoms with Crippen molar-refractivity contribution in [3.05, 3.63) is 24.0 Å². The van der Waals surface area contributed by atoms with Crippen LogP contribution in [0, 0.1) is 11.7 Å². The first-order chi connectivity index (χ1) is 8.82. The van der Waals surface area contributed by atoms with Crippen LogP contribution in [-0.4, -0.2) is 37.0 Å². The first kappa shape index (κ1) is 14.2. The van der Waals surface area contributed by atoms with Crippen molar-refractivity contribution in [1.29, 1.82) is 0 Å². The zero-order valence-corrected chi connectivity index (χ0v) is 11.4. The largest absolute Gasteiger partial charge is 0.399 e. The van der Waals surface area contributed by atoms with Crippen LogP contribution in [0.5, 0.6) is 0 Å². The molecule has 2 unspecified atom stereocenters. The maximum absolute atomic E-state index is 13.7. The van der Waals surface area contributed by atoms with E-state index in [4.69, 9.17) is 5.73 Å². The molecule has 2 rings (SSSR count). The molecule has 1 fully saturated rings. The summed E-state index contributed by atoms with van der Waals surface area (Å²) in [6, 6.07) is 3.53. The summed E-state index contributed by atoms with van der Waals surface area (Å²) in [5.74, 6) is -1.01. The summed E-state index contributed by atoms with van der Waals surface area (Å²) in [6.07, 6.45) is -0.153. The molecule has 1 saturated heterocycles. The number of aliphatic hydroxyl groups excluding tert-OH is 1. The SMILES string of the molecule is CC1CN(S(=O)(=O)c2ccc(N)cc2F)CCC1O. The van der Waals surface area contributed by atoms with Gasteiger partial charge < -0.3 is 10.8 Å². The van der Waals surface area contributed by atoms with E-state index in [-0.39, 0.29) is 29.6 Å². The van der Waals surface area contributed by atoms with E-state index in [0.717, 1.165) is 6.07 Å². The Labute approximate surface area is 111 Å². The van der Waals surface area contributed by atoms with E-state index < -0.39 is 21.9 Å². The Balaban J connectivity index is 2.32. The molecule has 0 amide bonds. The van der Waals surface area contributed by atoms with Crippen LogP contribution in [0.25, 0.3) is 0 Å². The third-order valence-electron chi connectivity index (χ3n) is 3.40. The predicted molar refractivity (Wildman–Crippen MR) is 69.4 cm³/mol. The van der Waals surface area contributed by atoms with Crippen LogP contribution in [0.3, 0.4) is 0 Å². The summed E-state index contributed by atoms with van der Waals surface area (Å²) in [5.41, 5.74) is 5.59. The summed E-state index contributed by atoms with van der Waals surface area (Å²) < 4.78 is 39.6. The number of sulfonamides is 1. The van der Waals surface area contributed by atoms with Gasteiger partial charge in [0.15, 0.2) is 0 Å². The van der Waals surface area contributed by atoms with Gasteiger partial charge in [0.05, 0.1) is 6.10 Å². The lowest BCUT2D eigenvalue weighted by Gasteiger charge is -2.33. The summed E-state index contributed by atoms with van der Waals surface area (Å²) >= 11 is 0. The number of halogens is 1. The lowest BCUT2D eigenvalue weighted by molar-refractivity contribution is 0.0628. The van der Waals surface area contributed by atoms with Gasteiger partial charge in [-0.1, -0.05) is 6.92 Å². The van der Waals surface area contributed by atoms with Crippen molar-refractivity contribution in [2.45, 2.75) is 24.3 Å². The standard InChI is InChI=1S/C12H17FN2O3S/c1-8-7-15(5-4-11(8)16)19(17,18)12-3-2-9(14)6-10(12)13/h2-3,6,8,11,16H,4-5,7,14H2,1H3. The molecule has 3 N–H and O–H groups in total. The number of aliphatic hydroxyl groups is 1. The van der Waals surface area contributed by atoms with Gasteiger partial charge in [-0.25, -0.2) is 12.8 Å². The van der Waals surface area contributed by atoms with Gasteiger partial charge in [-0.3, -0.25) is 0 Å². The minimum Gasteiger partial charge on any atom is -0.399 e. The first-order valence-corrected chi connectivity index (χ1v) is 7.49. The Hall–Kier alpha value is -1.18. The minimum atomic E-state index is -3.87. The van der Waals surface area contributed by atoms with Gasteiger partial charge in [0.1, 0.15) is 10.7 Å². The fraction of sp³-hybridized carbons (Fsp3) is 0.500. The number of piperidine rings is 1. The summed E-state index contributed by atoms with van der Waals surface area (Å²) in [7, 11) is -3.87. The first-order valence-electron chi connectivity index (χ1n) is 6.05. The molecule has 7 heteroatoms. The van der Waals surface area contributed by atoms with E-state index in [1.54, 1.807) is 6.92 Å². The van der Waals surface area contributed by atoms with Crippen molar-refractivity contribution >= 4 is 15.7 Å². The van der Waals surface area contributed by atoms with Gasteiger partial charge in [-0.15, -0.1) is 0 Å². The topological polar surface area (TPSA) is 83.6 Å². The quantitative estimate of drug-likeness (QED) is 0.788. The van der Waals surface area contributed by atoms with E-state index in [1.165, 1.54) is 16.4 Å². The molecule has 1 heterocycles. The van der Waals surface area contributed by atoms with Gasteiger partial charge in [0.25, 0.3) is 0 Å². The lowest BCUT2D eigenvalue weighted by atomic mass is 9.99. The van der Waals surface area contributed by atoms with Crippen LogP contribution in [-0.2, 0) is 10.0 Å². The number of nitrogens with zero attached hydrogens (tertiary/aromatic N) is 1. The molecule has 5 nitrogen and oxygen atoms in total. The highest BCUT2D eigenvalue weighted by Crippen LogP contribution is 2.26. The molecule has 0 aromatic heterocycles. The van der Waals surface area contributed by atoms with Crippen molar-refractivity contribution in [3.8, 4) is 0 Å². The fourth-order valence-corrected chi connectivity index (χ4v) is 3.78. The van der Waals surface area contributed by atoms with E-state index >= 15 is 0 Å². The number of hydrogen-bond donors (Lipinski definition) is 2. The highest BCUT2D eigenvalue weighted by molar-refractivity contribution is 7.89. The molecule has 0 radical (unpaired) electrons. The Morgan fingerprint density at radius 2 is 2.16 bits per heavy atom. The third kappa shape index (κ3) is 2.72. The number of benzene rings is 1. The molecule has 1 aromatic carbocycles. The van der Waals surface area contributed by atoms with Crippen molar-refractivity contribution in [1.82, 2.24) is 4.31 Å². The van der Waals surface area contributed by atoms with Gasteiger partial charge in [0, 0.05) is 18.8 Å². The Bertz CT molecular complexity index is 576. The second-order valence-corrected chi connectivity index (χ2v) is 6.79. The smallest absolute Gasteiger partial charge is 0.245 e. The van der Waals surface area contributed by atoms with Gasteiger partial charge in [-0.05, 0) is 30.5 Å². The van der Waals surface area contributed by atoms with E-state index in [2.05, 4.69) is 0 Å². The highest BCUT2D eigenvalue weighted by Gasteiger charge is 2.34. The number of anilines is 1. The van der Waals surface area contributed by atoms with Crippen molar-refractivity contribution in [2.24, 2.45) is 5.92 Å². The van der Waals surface area contributed by atoms with Crippen LogP contribution in [0.1, 0.15) is 13.3 Å². The average Bonchev–Trinajstić information content (AvgIpc) is 2.32. The molecule has 2 atom stereocenters. The van der Waals surface area contributed by atoms with Crippen LogP contribution in [0.4, 0.5) is 10.1 Å². The maximum atomic E-state index is 13.7. The minimum absolute atomic E-state index is 0.166. The average molecular weight is 288 g/mol. The number of nitrogens with two attached hydrogens (primary N) is 1. The zero-order valence-electron chi connectivity index (χ0n) is 10.6. The normalized spacial score (nSPS) is 25.4. The lowest BCUT2D eigenvalue weighted by Crippen LogP contribution is -2.45. The second kappa shape index (κ2) is 5.07. The second-order valence-electron chi connectivity index (χ2n) is 4.89. The van der Waals surface area contributed by atoms with Gasteiger partial charge in [-0.2, -0.15) is 4.31 Å². The highest BCUT2D eigenvalue weighted by atomic mass is 32.2. The summed E-state index contributed by atoms with van der Waals surface area (Å²) in [5, 5.41) is 9.61. The molecule has 1 aromatic rings. The van der Waals surface area contributed by atoms with Crippen LogP contribution >= 0.6 is 0 Å². The van der Waals surface area contributed by atoms with Crippen LogP contribution < -0.4 is 5.73 Å². The zero-order chi connectivity index (χ0) is 14.2. The summed E-state index contributed by atoms with van der Waals surface area (Å²) in [4.78, 5) is -0.370. The molecule has 19 heavy (non-hydrogen) atoms. The molecule has 0 bridgehead atoms. The Morgan fingerprint density at radius 3 is 2.74 bits per heavy atom. The van der Waals surface area contributed by atoms with E-state index in [0.29, 0.717) is 6.42 Å². The third-order valence-corrected chi connectivity index (χ3v) is 5.29. The number of nitrogen functional groups attached to an aromatic ring is 1. The van der Waals surface area contributed by atoms with E-state index in [9.17, 15) is 17.9 Å². The molecule has 1 aliphatic rings. The maximum Gasteiger partial charge on any atom is 0.245 e. The molecule has 106 valence electrons. The molecular weight excluding hydrogens is 271 g/mol. The Morgan fingerprint density at radius 1 is 1.47 bits per heavy atom. The van der Waals surface area contributed by atoms with Crippen molar-refractivity contribution < 1.29 is 17.9 Å². The van der Waals surface area contributed by atoms with Crippen LogP contribution in [0.2, 0.25) is 0 Å². The van der Waals surface area contributed by atoms with Crippen molar-refractivity contribution in [3.63, 3.8) is 0 Å². The van der Waals surface area contributed by atoms with E-state index in [1.807, 2.05) is 0 Å². The Kier molecular flexibility index (Phi) is 3.80. The number of hydrogen-bond acceptors (Lipinski definition) is 4. The monoisotopic (exact) mass is 288 g/mol. The van der Waals surface area contributed by atoms with Crippen LogP contribution in [0.15, 0.2) is 23.1 Å². The van der Waals surface area contributed by atoms with Gasteiger partial charge in [0.2, 0.25) is 10.0 Å². The van der Waals surface area contributed by atoms with Gasteiger partial charge >= 0.3 is 0 Å². The molecule has 0 saturated carbocycles. The molecular formula is C12H17FN2O3S. The molecule has 1 aliphatic heterocycles. The molecule has 0 spiro atoms. The van der Waals surface area contributed by atoms with Crippen molar-refractivity contribution in [2.75, 3.05) is 18.8 Å². The number of rotatable bonds is 2. The fourth-order valence-electron chi connectivity index (χ4n) is 2.18.